The van der Waals surface area contributed by atoms with Crippen molar-refractivity contribution in [2.45, 2.75) is 39.0 Å². The van der Waals surface area contributed by atoms with Crippen molar-refractivity contribution in [2.75, 3.05) is 13.2 Å². The lowest BCUT2D eigenvalue weighted by Gasteiger charge is -2.20. The fourth-order valence-corrected chi connectivity index (χ4v) is 3.28. The standard InChI is InChI=1S/C18H21ClN4O2/c19-15-4-1-3-14(9-15)18(24)22-7-2-8-23-17(10-22)16(20-21-23)12-25-11-13-5-6-13/h1,3-4,9,13H,2,5-8,10-12H2. The van der Waals surface area contributed by atoms with E-state index in [4.69, 9.17) is 16.3 Å². The highest BCUT2D eigenvalue weighted by Crippen LogP contribution is 2.29. The van der Waals surface area contributed by atoms with Gasteiger partial charge in [0.15, 0.2) is 0 Å². The largest absolute Gasteiger partial charge is 0.375 e. The van der Waals surface area contributed by atoms with Crippen LogP contribution in [0.3, 0.4) is 0 Å². The highest BCUT2D eigenvalue weighted by molar-refractivity contribution is 6.30. The molecule has 1 aliphatic heterocycles. The molecule has 132 valence electrons. The topological polar surface area (TPSA) is 60.2 Å². The number of amides is 1. The summed E-state index contributed by atoms with van der Waals surface area (Å²) in [5, 5.41) is 9.08. The van der Waals surface area contributed by atoms with Gasteiger partial charge >= 0.3 is 0 Å². The smallest absolute Gasteiger partial charge is 0.254 e. The number of halogens is 1. The Morgan fingerprint density at radius 3 is 3.00 bits per heavy atom. The van der Waals surface area contributed by atoms with Gasteiger partial charge in [0.1, 0.15) is 5.69 Å². The molecule has 0 N–H and O–H groups in total. The normalized spacial score (nSPS) is 17.2. The summed E-state index contributed by atoms with van der Waals surface area (Å²) in [6, 6.07) is 7.09. The molecule has 0 saturated heterocycles. The van der Waals surface area contributed by atoms with Gasteiger partial charge in [-0.2, -0.15) is 0 Å². The maximum absolute atomic E-state index is 12.8. The minimum Gasteiger partial charge on any atom is -0.375 e. The molecule has 2 aliphatic rings. The van der Waals surface area contributed by atoms with Crippen molar-refractivity contribution < 1.29 is 9.53 Å². The Bertz CT molecular complexity index is 772. The second-order valence-electron chi connectivity index (χ2n) is 6.76. The molecule has 6 nitrogen and oxygen atoms in total. The Morgan fingerprint density at radius 1 is 1.32 bits per heavy atom. The summed E-state index contributed by atoms with van der Waals surface area (Å²) in [6.45, 7) is 3.21. The number of nitrogens with zero attached hydrogens (tertiary/aromatic N) is 4. The summed E-state index contributed by atoms with van der Waals surface area (Å²) in [4.78, 5) is 14.7. The highest BCUT2D eigenvalue weighted by Gasteiger charge is 2.25. The van der Waals surface area contributed by atoms with Gasteiger partial charge in [-0.05, 0) is 43.4 Å². The van der Waals surface area contributed by atoms with Gasteiger partial charge in [0.25, 0.3) is 5.91 Å². The van der Waals surface area contributed by atoms with Gasteiger partial charge in [0, 0.05) is 30.3 Å². The van der Waals surface area contributed by atoms with Gasteiger partial charge in [0.05, 0.1) is 18.8 Å². The zero-order chi connectivity index (χ0) is 17.2. The number of benzene rings is 1. The lowest BCUT2D eigenvalue weighted by Crippen LogP contribution is -2.31. The van der Waals surface area contributed by atoms with Crippen LogP contribution in [0.15, 0.2) is 24.3 Å². The van der Waals surface area contributed by atoms with Crippen LogP contribution in [0.5, 0.6) is 0 Å². The average Bonchev–Trinajstić information content (AvgIpc) is 3.39. The van der Waals surface area contributed by atoms with Crippen molar-refractivity contribution in [3.8, 4) is 0 Å². The van der Waals surface area contributed by atoms with Gasteiger partial charge < -0.3 is 9.64 Å². The van der Waals surface area contributed by atoms with E-state index in [2.05, 4.69) is 10.3 Å². The number of aryl methyl sites for hydroxylation is 1. The number of rotatable bonds is 5. The molecule has 0 atom stereocenters. The molecule has 0 unspecified atom stereocenters. The predicted molar refractivity (Wildman–Crippen MR) is 93.2 cm³/mol. The van der Waals surface area contributed by atoms with Gasteiger partial charge in [-0.15, -0.1) is 5.10 Å². The Balaban J connectivity index is 1.49. The Morgan fingerprint density at radius 2 is 2.20 bits per heavy atom. The van der Waals surface area contributed by atoms with Crippen molar-refractivity contribution >= 4 is 17.5 Å². The first kappa shape index (κ1) is 16.5. The van der Waals surface area contributed by atoms with Crippen LogP contribution >= 0.6 is 11.6 Å². The first-order valence-corrected chi connectivity index (χ1v) is 9.12. The first-order chi connectivity index (χ1) is 12.2. The Labute approximate surface area is 151 Å². The third kappa shape index (κ3) is 3.85. The highest BCUT2D eigenvalue weighted by atomic mass is 35.5. The molecule has 1 fully saturated rings. The van der Waals surface area contributed by atoms with Crippen molar-refractivity contribution in [2.24, 2.45) is 5.92 Å². The number of fused-ring (bicyclic) bond motifs is 1. The summed E-state index contributed by atoms with van der Waals surface area (Å²) in [7, 11) is 0. The number of aromatic nitrogens is 3. The van der Waals surface area contributed by atoms with Crippen LogP contribution < -0.4 is 0 Å². The summed E-state index contributed by atoms with van der Waals surface area (Å²) < 4.78 is 7.67. The molecule has 0 radical (unpaired) electrons. The van der Waals surface area contributed by atoms with E-state index < -0.39 is 0 Å². The predicted octanol–water partition coefficient (Wildman–Crippen LogP) is 2.90. The molecular weight excluding hydrogens is 340 g/mol. The molecule has 7 heteroatoms. The van der Waals surface area contributed by atoms with E-state index in [-0.39, 0.29) is 5.91 Å². The van der Waals surface area contributed by atoms with Crippen molar-refractivity contribution in [3.05, 3.63) is 46.2 Å². The molecule has 1 aromatic carbocycles. The van der Waals surface area contributed by atoms with E-state index in [1.54, 1.807) is 24.3 Å². The molecule has 1 aliphatic carbocycles. The lowest BCUT2D eigenvalue weighted by atomic mass is 10.2. The van der Waals surface area contributed by atoms with Crippen LogP contribution in [0, 0.1) is 5.92 Å². The molecule has 1 aromatic heterocycles. The van der Waals surface area contributed by atoms with E-state index in [1.807, 2.05) is 9.58 Å². The maximum atomic E-state index is 12.8. The minimum absolute atomic E-state index is 0.0120. The van der Waals surface area contributed by atoms with Crippen LogP contribution in [0.4, 0.5) is 0 Å². The lowest BCUT2D eigenvalue weighted by molar-refractivity contribution is 0.0741. The minimum atomic E-state index is -0.0120. The molecule has 4 rings (SSSR count). The number of hydrogen-bond donors (Lipinski definition) is 0. The molecule has 1 saturated carbocycles. The Hall–Kier alpha value is -1.92. The van der Waals surface area contributed by atoms with E-state index in [1.165, 1.54) is 12.8 Å². The Kier molecular flexibility index (Phi) is 4.72. The third-order valence-corrected chi connectivity index (χ3v) is 4.94. The fraction of sp³-hybridized carbons (Fsp3) is 0.500. The van der Waals surface area contributed by atoms with E-state index in [9.17, 15) is 4.79 Å². The average molecular weight is 361 g/mol. The zero-order valence-corrected chi connectivity index (χ0v) is 14.8. The number of hydrogen-bond acceptors (Lipinski definition) is 4. The van der Waals surface area contributed by atoms with Crippen LogP contribution in [0.2, 0.25) is 5.02 Å². The second-order valence-corrected chi connectivity index (χ2v) is 7.19. The van der Waals surface area contributed by atoms with Crippen molar-refractivity contribution in [3.63, 3.8) is 0 Å². The van der Waals surface area contributed by atoms with Crippen molar-refractivity contribution in [1.29, 1.82) is 0 Å². The van der Waals surface area contributed by atoms with E-state index in [0.717, 1.165) is 36.9 Å². The number of carbonyl (C=O) groups is 1. The molecular formula is C18H21ClN4O2. The quantitative estimate of drug-likeness (QED) is 0.822. The number of ether oxygens (including phenoxy) is 1. The van der Waals surface area contributed by atoms with E-state index >= 15 is 0 Å². The molecule has 0 spiro atoms. The molecule has 2 heterocycles. The number of carbonyl (C=O) groups excluding carboxylic acids is 1. The van der Waals surface area contributed by atoms with Crippen LogP contribution in [0.25, 0.3) is 0 Å². The molecule has 0 bridgehead atoms. The summed E-state index contributed by atoms with van der Waals surface area (Å²) in [5.74, 6) is 0.706. The first-order valence-electron chi connectivity index (χ1n) is 8.74. The van der Waals surface area contributed by atoms with Gasteiger partial charge in [0.2, 0.25) is 0 Å². The molecule has 2 aromatic rings. The van der Waals surface area contributed by atoms with E-state index in [0.29, 0.717) is 30.3 Å². The summed E-state index contributed by atoms with van der Waals surface area (Å²) in [6.07, 6.45) is 3.38. The monoisotopic (exact) mass is 360 g/mol. The maximum Gasteiger partial charge on any atom is 0.254 e. The van der Waals surface area contributed by atoms with Crippen LogP contribution in [-0.2, 0) is 24.4 Å². The zero-order valence-electron chi connectivity index (χ0n) is 14.0. The fourth-order valence-electron chi connectivity index (χ4n) is 3.09. The van der Waals surface area contributed by atoms with Gasteiger partial charge in [-0.25, -0.2) is 4.68 Å². The van der Waals surface area contributed by atoms with Crippen LogP contribution in [0.1, 0.15) is 41.0 Å². The third-order valence-electron chi connectivity index (χ3n) is 4.70. The SMILES string of the molecule is O=C(c1cccc(Cl)c1)N1CCCn2nnc(COCC3CC3)c2C1. The van der Waals surface area contributed by atoms with Crippen molar-refractivity contribution in [1.82, 2.24) is 19.9 Å². The van der Waals surface area contributed by atoms with Gasteiger partial charge in [-0.1, -0.05) is 22.9 Å². The molecule has 25 heavy (non-hydrogen) atoms. The summed E-state index contributed by atoms with van der Waals surface area (Å²) in [5.41, 5.74) is 2.43. The van der Waals surface area contributed by atoms with Gasteiger partial charge in [-0.3, -0.25) is 4.79 Å². The molecule has 1 amide bonds. The summed E-state index contributed by atoms with van der Waals surface area (Å²) >= 11 is 6.03. The second kappa shape index (κ2) is 7.14. The van der Waals surface area contributed by atoms with Crippen LogP contribution in [-0.4, -0.2) is 39.0 Å².